The molecule has 0 amide bonds. The zero-order chi connectivity index (χ0) is 13.8. The molecule has 0 atom stereocenters. The fourth-order valence-electron chi connectivity index (χ4n) is 1.83. The Balaban J connectivity index is 2.74. The fraction of sp³-hybridized carbons (Fsp3) is 0. The minimum absolute atomic E-state index is 0.167. The van der Waals surface area contributed by atoms with Crippen LogP contribution in [0.4, 0.5) is 0 Å². The van der Waals surface area contributed by atoms with Gasteiger partial charge in [0.2, 0.25) is 0 Å². The van der Waals surface area contributed by atoms with E-state index in [1.165, 1.54) is 0 Å². The van der Waals surface area contributed by atoms with Gasteiger partial charge in [0.25, 0.3) is 0 Å². The van der Waals surface area contributed by atoms with Crippen molar-refractivity contribution in [1.82, 2.24) is 0 Å². The van der Waals surface area contributed by atoms with Crippen LogP contribution >= 0.6 is 0 Å². The highest BCUT2D eigenvalue weighted by atomic mass is 16.4. The van der Waals surface area contributed by atoms with Crippen molar-refractivity contribution in [3.05, 3.63) is 59.8 Å². The second-order valence-corrected chi connectivity index (χ2v) is 3.83. The maximum Gasteiger partial charge on any atom is 0.344 e. The Hall–Kier alpha value is -2.84. The fourth-order valence-corrected chi connectivity index (χ4v) is 1.83. The maximum absolute atomic E-state index is 11.2. The SMILES string of the molecule is O=C(O)C=C=C(C(=O)O)c1cccc2ccccc12. The molecule has 0 bridgehead atoms. The molecule has 4 nitrogen and oxygen atoms in total. The number of carbonyl (C=O) groups is 2. The Bertz CT molecular complexity index is 717. The average molecular weight is 254 g/mol. The third kappa shape index (κ3) is 2.70. The van der Waals surface area contributed by atoms with Crippen molar-refractivity contribution in [2.24, 2.45) is 0 Å². The highest BCUT2D eigenvalue weighted by molar-refractivity contribution is 6.19. The second-order valence-electron chi connectivity index (χ2n) is 3.83. The van der Waals surface area contributed by atoms with Crippen LogP contribution in [-0.4, -0.2) is 22.2 Å². The molecule has 2 N–H and O–H groups in total. The molecule has 0 saturated carbocycles. The molecule has 2 aromatic rings. The standard InChI is InChI=1S/C15H10O4/c16-14(17)9-8-13(15(18)19)12-7-3-5-10-4-1-2-6-11(10)12/h1-7,9H,(H,16,17)(H,18,19). The lowest BCUT2D eigenvalue weighted by molar-refractivity contribution is -0.131. The average Bonchev–Trinajstić information content (AvgIpc) is 2.38. The van der Waals surface area contributed by atoms with E-state index in [1.807, 2.05) is 18.2 Å². The van der Waals surface area contributed by atoms with Crippen LogP contribution in [0.15, 0.2) is 54.3 Å². The number of hydrogen-bond donors (Lipinski definition) is 2. The molecular formula is C15H10O4. The van der Waals surface area contributed by atoms with Gasteiger partial charge >= 0.3 is 11.9 Å². The van der Waals surface area contributed by atoms with Crippen LogP contribution in [0.5, 0.6) is 0 Å². The molecule has 2 rings (SSSR count). The Kier molecular flexibility index (Phi) is 3.46. The molecule has 4 heteroatoms. The van der Waals surface area contributed by atoms with Gasteiger partial charge < -0.3 is 10.2 Å². The van der Waals surface area contributed by atoms with Crippen LogP contribution in [0.3, 0.4) is 0 Å². The van der Waals surface area contributed by atoms with Crippen LogP contribution in [0, 0.1) is 0 Å². The van der Waals surface area contributed by atoms with Gasteiger partial charge in [-0.2, -0.15) is 0 Å². The molecular weight excluding hydrogens is 244 g/mol. The van der Waals surface area contributed by atoms with Crippen LogP contribution in [0.1, 0.15) is 5.56 Å². The van der Waals surface area contributed by atoms with Crippen molar-refractivity contribution in [3.63, 3.8) is 0 Å². The number of rotatable bonds is 3. The number of hydrogen-bond acceptors (Lipinski definition) is 2. The minimum Gasteiger partial charge on any atom is -0.478 e. The van der Waals surface area contributed by atoms with Gasteiger partial charge in [0, 0.05) is 5.56 Å². The summed E-state index contributed by atoms with van der Waals surface area (Å²) in [5.41, 5.74) is 2.60. The van der Waals surface area contributed by atoms with Crippen molar-refractivity contribution < 1.29 is 19.8 Å². The molecule has 2 aromatic carbocycles. The van der Waals surface area contributed by atoms with Gasteiger partial charge in [-0.1, -0.05) is 48.2 Å². The monoisotopic (exact) mass is 254 g/mol. The lowest BCUT2D eigenvalue weighted by atomic mass is 9.99. The van der Waals surface area contributed by atoms with Crippen molar-refractivity contribution in [1.29, 1.82) is 0 Å². The summed E-state index contributed by atoms with van der Waals surface area (Å²) in [7, 11) is 0. The van der Waals surface area contributed by atoms with Gasteiger partial charge in [0.15, 0.2) is 0 Å². The molecule has 0 spiro atoms. The number of fused-ring (bicyclic) bond motifs is 1. The van der Waals surface area contributed by atoms with E-state index < -0.39 is 11.9 Å². The first-order chi connectivity index (χ1) is 9.09. The van der Waals surface area contributed by atoms with Crippen LogP contribution in [0.2, 0.25) is 0 Å². The zero-order valence-corrected chi connectivity index (χ0v) is 9.83. The van der Waals surface area contributed by atoms with E-state index in [1.54, 1.807) is 24.3 Å². The van der Waals surface area contributed by atoms with Crippen molar-refractivity contribution in [2.75, 3.05) is 0 Å². The Morgan fingerprint density at radius 3 is 2.37 bits per heavy atom. The maximum atomic E-state index is 11.2. The van der Waals surface area contributed by atoms with Crippen molar-refractivity contribution in [3.8, 4) is 0 Å². The summed E-state index contributed by atoms with van der Waals surface area (Å²) in [6.07, 6.45) is 0.700. The summed E-state index contributed by atoms with van der Waals surface area (Å²) < 4.78 is 0. The second kappa shape index (κ2) is 5.21. The summed E-state index contributed by atoms with van der Waals surface area (Å²) in [4.78, 5) is 21.7. The van der Waals surface area contributed by atoms with E-state index in [4.69, 9.17) is 5.11 Å². The molecule has 0 radical (unpaired) electrons. The third-order valence-electron chi connectivity index (χ3n) is 2.61. The molecule has 0 unspecified atom stereocenters. The van der Waals surface area contributed by atoms with Gasteiger partial charge in [-0.05, 0) is 10.8 Å². The van der Waals surface area contributed by atoms with Gasteiger partial charge in [0.05, 0.1) is 6.08 Å². The largest absolute Gasteiger partial charge is 0.478 e. The summed E-state index contributed by atoms with van der Waals surface area (Å²) in [5, 5.41) is 19.4. The van der Waals surface area contributed by atoms with Gasteiger partial charge in [-0.25, -0.2) is 9.59 Å². The first-order valence-corrected chi connectivity index (χ1v) is 5.50. The number of carboxylic acids is 2. The number of benzene rings is 2. The first-order valence-electron chi connectivity index (χ1n) is 5.50. The van der Waals surface area contributed by atoms with E-state index in [-0.39, 0.29) is 5.57 Å². The van der Waals surface area contributed by atoms with Gasteiger partial charge in [-0.15, -0.1) is 0 Å². The Morgan fingerprint density at radius 2 is 1.68 bits per heavy atom. The summed E-state index contributed by atoms with van der Waals surface area (Å²) >= 11 is 0. The van der Waals surface area contributed by atoms with Gasteiger partial charge in [-0.3, -0.25) is 0 Å². The lowest BCUT2D eigenvalue weighted by Crippen LogP contribution is -1.99. The van der Waals surface area contributed by atoms with Gasteiger partial charge in [0.1, 0.15) is 5.57 Å². The molecule has 0 heterocycles. The molecule has 0 aliphatic heterocycles. The Morgan fingerprint density at radius 1 is 1.00 bits per heavy atom. The first kappa shape index (κ1) is 12.6. The van der Waals surface area contributed by atoms with E-state index in [2.05, 4.69) is 5.73 Å². The molecule has 0 aliphatic rings. The van der Waals surface area contributed by atoms with E-state index in [0.717, 1.165) is 10.8 Å². The minimum atomic E-state index is -1.24. The van der Waals surface area contributed by atoms with Crippen LogP contribution in [-0.2, 0) is 9.59 Å². The molecule has 0 fully saturated rings. The zero-order valence-electron chi connectivity index (χ0n) is 9.83. The molecule has 0 aliphatic carbocycles. The molecule has 94 valence electrons. The highest BCUT2D eigenvalue weighted by Gasteiger charge is 2.12. The molecule has 0 saturated heterocycles. The van der Waals surface area contributed by atoms with E-state index in [9.17, 15) is 14.7 Å². The highest BCUT2D eigenvalue weighted by Crippen LogP contribution is 2.24. The topological polar surface area (TPSA) is 74.6 Å². The summed E-state index contributed by atoms with van der Waals surface area (Å²) in [6, 6.07) is 12.5. The van der Waals surface area contributed by atoms with Crippen molar-refractivity contribution in [2.45, 2.75) is 0 Å². The predicted octanol–water partition coefficient (Wildman–Crippen LogP) is 2.55. The van der Waals surface area contributed by atoms with E-state index in [0.29, 0.717) is 11.6 Å². The predicted molar refractivity (Wildman–Crippen MR) is 70.7 cm³/mol. The third-order valence-corrected chi connectivity index (χ3v) is 2.61. The van der Waals surface area contributed by atoms with Crippen LogP contribution < -0.4 is 0 Å². The molecule has 0 aromatic heterocycles. The van der Waals surface area contributed by atoms with Crippen LogP contribution in [0.25, 0.3) is 16.3 Å². The summed E-state index contributed by atoms with van der Waals surface area (Å²) in [5.74, 6) is -2.45. The summed E-state index contributed by atoms with van der Waals surface area (Å²) in [6.45, 7) is 0. The van der Waals surface area contributed by atoms with E-state index >= 15 is 0 Å². The lowest BCUT2D eigenvalue weighted by Gasteiger charge is -2.05. The number of carboxylic acid groups (broad SMARTS) is 2. The Labute approximate surface area is 108 Å². The normalized spacial score (nSPS) is 9.68. The molecule has 19 heavy (non-hydrogen) atoms. The van der Waals surface area contributed by atoms with Crippen molar-refractivity contribution >= 4 is 28.3 Å². The smallest absolute Gasteiger partial charge is 0.344 e. The quantitative estimate of drug-likeness (QED) is 0.652. The number of aliphatic carboxylic acids is 2.